The Morgan fingerprint density at radius 2 is 1.79 bits per heavy atom. The fourth-order valence-corrected chi connectivity index (χ4v) is 2.30. The Kier molecular flexibility index (Phi) is 8.11. The summed E-state index contributed by atoms with van der Waals surface area (Å²) < 4.78 is 16.0. The number of nitrogens with zero attached hydrogens (tertiary/aromatic N) is 1. The lowest BCUT2D eigenvalue weighted by Gasteiger charge is -2.12. The highest BCUT2D eigenvalue weighted by molar-refractivity contribution is 6.06. The summed E-state index contributed by atoms with van der Waals surface area (Å²) >= 11 is 0. The van der Waals surface area contributed by atoms with Crippen LogP contribution in [-0.2, 0) is 16.1 Å². The van der Waals surface area contributed by atoms with Gasteiger partial charge in [-0.05, 0) is 37.6 Å². The molecule has 0 atom stereocenters. The standard InChI is InChI=1S/C20H23N3O6/c1-3-27-15-7-5-13(6-8-15)12-29-16-9-14(20(26)28-4-2)11-22-18(16)19(25)23-17(24)10-21/h5-9,11H,3-4,10,12,21H2,1-2H3,(H,23,24,25). The normalized spacial score (nSPS) is 10.2. The molecule has 0 radical (unpaired) electrons. The molecule has 154 valence electrons. The van der Waals surface area contributed by atoms with Crippen molar-refractivity contribution < 1.29 is 28.6 Å². The average Bonchev–Trinajstić information content (AvgIpc) is 2.73. The number of rotatable bonds is 9. The van der Waals surface area contributed by atoms with Crippen molar-refractivity contribution in [2.75, 3.05) is 19.8 Å². The summed E-state index contributed by atoms with van der Waals surface area (Å²) in [6.07, 6.45) is 1.18. The van der Waals surface area contributed by atoms with Gasteiger partial charge < -0.3 is 19.9 Å². The predicted molar refractivity (Wildman–Crippen MR) is 104 cm³/mol. The van der Waals surface area contributed by atoms with Gasteiger partial charge in [-0.3, -0.25) is 14.9 Å². The Bertz CT molecular complexity index is 867. The third-order valence-corrected chi connectivity index (χ3v) is 3.65. The largest absolute Gasteiger partial charge is 0.494 e. The third kappa shape index (κ3) is 6.28. The van der Waals surface area contributed by atoms with Crippen LogP contribution in [0.5, 0.6) is 11.5 Å². The van der Waals surface area contributed by atoms with E-state index in [-0.39, 0.29) is 36.8 Å². The van der Waals surface area contributed by atoms with Gasteiger partial charge in [0.25, 0.3) is 5.91 Å². The van der Waals surface area contributed by atoms with E-state index in [1.54, 1.807) is 19.1 Å². The summed E-state index contributed by atoms with van der Waals surface area (Å²) in [5.74, 6) is -1.29. The fourth-order valence-electron chi connectivity index (χ4n) is 2.30. The Labute approximate surface area is 168 Å². The molecule has 0 aliphatic heterocycles. The number of nitrogens with two attached hydrogens (primary N) is 1. The number of benzene rings is 1. The van der Waals surface area contributed by atoms with Gasteiger partial charge >= 0.3 is 5.97 Å². The number of esters is 1. The summed E-state index contributed by atoms with van der Waals surface area (Å²) in [5, 5.41) is 2.10. The van der Waals surface area contributed by atoms with Gasteiger partial charge in [-0.2, -0.15) is 0 Å². The van der Waals surface area contributed by atoms with E-state index in [1.807, 2.05) is 19.1 Å². The molecule has 0 unspecified atom stereocenters. The van der Waals surface area contributed by atoms with E-state index in [1.165, 1.54) is 12.3 Å². The maximum atomic E-state index is 12.3. The summed E-state index contributed by atoms with van der Waals surface area (Å²) in [6.45, 7) is 4.06. The Balaban J connectivity index is 2.24. The Morgan fingerprint density at radius 1 is 1.07 bits per heavy atom. The number of hydrogen-bond donors (Lipinski definition) is 2. The van der Waals surface area contributed by atoms with Crippen molar-refractivity contribution in [1.82, 2.24) is 10.3 Å². The number of hydrogen-bond acceptors (Lipinski definition) is 8. The van der Waals surface area contributed by atoms with Gasteiger partial charge in [0.05, 0.1) is 25.3 Å². The average molecular weight is 401 g/mol. The minimum Gasteiger partial charge on any atom is -0.494 e. The van der Waals surface area contributed by atoms with Crippen LogP contribution in [0, 0.1) is 0 Å². The van der Waals surface area contributed by atoms with Crippen LogP contribution in [0.2, 0.25) is 0 Å². The van der Waals surface area contributed by atoms with Gasteiger partial charge in [0, 0.05) is 6.20 Å². The van der Waals surface area contributed by atoms with E-state index in [9.17, 15) is 14.4 Å². The maximum absolute atomic E-state index is 12.3. The molecule has 1 heterocycles. The van der Waals surface area contributed by atoms with Crippen LogP contribution in [0.15, 0.2) is 36.5 Å². The molecule has 0 saturated heterocycles. The lowest BCUT2D eigenvalue weighted by atomic mass is 10.2. The monoisotopic (exact) mass is 401 g/mol. The second-order valence-corrected chi connectivity index (χ2v) is 5.74. The van der Waals surface area contributed by atoms with Gasteiger partial charge in [-0.15, -0.1) is 0 Å². The van der Waals surface area contributed by atoms with Crippen LogP contribution in [0.3, 0.4) is 0 Å². The molecule has 0 fully saturated rings. The Hall–Kier alpha value is -3.46. The number of ether oxygens (including phenoxy) is 3. The number of carbonyl (C=O) groups is 3. The zero-order chi connectivity index (χ0) is 21.2. The van der Waals surface area contributed by atoms with Crippen molar-refractivity contribution in [3.05, 3.63) is 53.3 Å². The van der Waals surface area contributed by atoms with Gasteiger partial charge in [-0.1, -0.05) is 12.1 Å². The minimum atomic E-state index is -0.780. The van der Waals surface area contributed by atoms with E-state index in [2.05, 4.69) is 10.3 Å². The number of nitrogens with one attached hydrogen (secondary N) is 1. The molecule has 0 bridgehead atoms. The molecule has 0 saturated carbocycles. The molecule has 1 aromatic carbocycles. The molecule has 9 heteroatoms. The predicted octanol–water partition coefficient (Wildman–Crippen LogP) is 1.45. The van der Waals surface area contributed by atoms with Gasteiger partial charge in [0.15, 0.2) is 11.4 Å². The van der Waals surface area contributed by atoms with E-state index < -0.39 is 17.8 Å². The van der Waals surface area contributed by atoms with E-state index in [4.69, 9.17) is 19.9 Å². The highest BCUT2D eigenvalue weighted by Crippen LogP contribution is 2.21. The second-order valence-electron chi connectivity index (χ2n) is 5.74. The summed E-state index contributed by atoms with van der Waals surface area (Å²) in [7, 11) is 0. The maximum Gasteiger partial charge on any atom is 0.339 e. The molecule has 2 rings (SSSR count). The first kappa shape index (κ1) is 21.8. The number of carbonyl (C=O) groups excluding carboxylic acids is 3. The summed E-state index contributed by atoms with van der Waals surface area (Å²) in [4.78, 5) is 39.7. The molecule has 2 amide bonds. The van der Waals surface area contributed by atoms with Crippen LogP contribution in [0.4, 0.5) is 0 Å². The molecular weight excluding hydrogens is 378 g/mol. The molecule has 1 aromatic heterocycles. The quantitative estimate of drug-likeness (QED) is 0.604. The van der Waals surface area contributed by atoms with Crippen molar-refractivity contribution in [3.8, 4) is 11.5 Å². The lowest BCUT2D eigenvalue weighted by molar-refractivity contribution is -0.118. The lowest BCUT2D eigenvalue weighted by Crippen LogP contribution is -2.36. The SMILES string of the molecule is CCOC(=O)c1cnc(C(=O)NC(=O)CN)c(OCc2ccc(OCC)cc2)c1. The summed E-state index contributed by atoms with van der Waals surface area (Å²) in [5.41, 5.74) is 5.99. The van der Waals surface area contributed by atoms with E-state index in [0.29, 0.717) is 6.61 Å². The highest BCUT2D eigenvalue weighted by Gasteiger charge is 2.20. The molecule has 3 N–H and O–H groups in total. The van der Waals surface area contributed by atoms with Crippen molar-refractivity contribution in [2.45, 2.75) is 20.5 Å². The van der Waals surface area contributed by atoms with E-state index in [0.717, 1.165) is 11.3 Å². The van der Waals surface area contributed by atoms with Gasteiger partial charge in [0.1, 0.15) is 12.4 Å². The number of imide groups is 1. The molecule has 29 heavy (non-hydrogen) atoms. The van der Waals surface area contributed by atoms with Crippen molar-refractivity contribution >= 4 is 17.8 Å². The first-order chi connectivity index (χ1) is 14.0. The van der Waals surface area contributed by atoms with Crippen LogP contribution in [0.25, 0.3) is 0 Å². The highest BCUT2D eigenvalue weighted by atomic mass is 16.5. The van der Waals surface area contributed by atoms with Gasteiger partial charge in [0.2, 0.25) is 5.91 Å². The number of aromatic nitrogens is 1. The molecule has 0 aliphatic carbocycles. The van der Waals surface area contributed by atoms with Crippen LogP contribution >= 0.6 is 0 Å². The molecule has 2 aromatic rings. The minimum absolute atomic E-state index is 0.0340. The van der Waals surface area contributed by atoms with Crippen molar-refractivity contribution in [3.63, 3.8) is 0 Å². The zero-order valence-electron chi connectivity index (χ0n) is 16.3. The van der Waals surface area contributed by atoms with Gasteiger partial charge in [-0.25, -0.2) is 9.78 Å². The van der Waals surface area contributed by atoms with E-state index >= 15 is 0 Å². The zero-order valence-corrected chi connectivity index (χ0v) is 16.3. The molecule has 0 spiro atoms. The summed E-state index contributed by atoms with van der Waals surface area (Å²) in [6, 6.07) is 8.56. The third-order valence-electron chi connectivity index (χ3n) is 3.65. The van der Waals surface area contributed by atoms with Crippen LogP contribution in [0.1, 0.15) is 40.3 Å². The van der Waals surface area contributed by atoms with Crippen molar-refractivity contribution in [2.24, 2.45) is 5.73 Å². The second kappa shape index (κ2) is 10.8. The Morgan fingerprint density at radius 3 is 2.41 bits per heavy atom. The van der Waals surface area contributed by atoms with Crippen molar-refractivity contribution in [1.29, 1.82) is 0 Å². The van der Waals surface area contributed by atoms with Crippen LogP contribution in [-0.4, -0.2) is 42.5 Å². The number of pyridine rings is 1. The molecule has 9 nitrogen and oxygen atoms in total. The first-order valence-electron chi connectivity index (χ1n) is 9.04. The molecule has 0 aliphatic rings. The smallest absolute Gasteiger partial charge is 0.339 e. The topological polar surface area (TPSA) is 130 Å². The molecular formula is C20H23N3O6. The fraction of sp³-hybridized carbons (Fsp3) is 0.300. The first-order valence-corrected chi connectivity index (χ1v) is 9.04. The van der Waals surface area contributed by atoms with Crippen LogP contribution < -0.4 is 20.5 Å². The number of amides is 2.